The van der Waals surface area contributed by atoms with Crippen molar-refractivity contribution in [2.75, 3.05) is 11.4 Å². The van der Waals surface area contributed by atoms with E-state index in [4.69, 9.17) is 11.6 Å². The molecule has 3 aromatic rings. The number of nitrogens with one attached hydrogen (secondary N) is 1. The van der Waals surface area contributed by atoms with Crippen LogP contribution in [0.15, 0.2) is 59.3 Å². The first-order valence-corrected chi connectivity index (χ1v) is 13.1. The first-order chi connectivity index (χ1) is 17.7. The average Bonchev–Trinajstić information content (AvgIpc) is 3.10. The Kier molecular flexibility index (Phi) is 7.04. The molecule has 1 saturated carbocycles. The van der Waals surface area contributed by atoms with E-state index in [9.17, 15) is 23.5 Å². The molecule has 0 saturated heterocycles. The SMILES string of the molecule is O=C(N[C@H]1CC[C@H](CN2C(=O)C(O)(c3cc(F)ccc3F)c3ccccc32)CC1)c1cc(Cl)cnc1Br. The van der Waals surface area contributed by atoms with E-state index in [-0.39, 0.29) is 23.4 Å². The van der Waals surface area contributed by atoms with Crippen molar-refractivity contribution >= 4 is 45.0 Å². The van der Waals surface area contributed by atoms with Gasteiger partial charge < -0.3 is 15.3 Å². The van der Waals surface area contributed by atoms with Crippen LogP contribution in [0.2, 0.25) is 5.02 Å². The molecule has 1 aromatic heterocycles. The predicted molar refractivity (Wildman–Crippen MR) is 138 cm³/mol. The van der Waals surface area contributed by atoms with Gasteiger partial charge in [0.1, 0.15) is 16.2 Å². The molecule has 1 unspecified atom stereocenters. The number of hydrogen-bond acceptors (Lipinski definition) is 4. The monoisotopic (exact) mass is 589 g/mol. The lowest BCUT2D eigenvalue weighted by atomic mass is 9.85. The standard InChI is InChI=1S/C27H23BrClF2N3O3/c28-24-19(11-16(29)13-32-24)25(35)33-18-8-5-15(6-9-18)14-34-23-4-2-1-3-20(23)27(37,26(34)36)21-12-17(30)7-10-22(21)31/h1-4,7,10-13,15,18,37H,5-6,8-9,14H2,(H,33,35)/t15-,18-,27?. The van der Waals surface area contributed by atoms with E-state index in [1.165, 1.54) is 11.1 Å². The molecule has 1 fully saturated rings. The van der Waals surface area contributed by atoms with Crippen molar-refractivity contribution in [1.82, 2.24) is 10.3 Å². The Bertz CT molecular complexity index is 1380. The average molecular weight is 591 g/mol. The van der Waals surface area contributed by atoms with Crippen LogP contribution in [0.1, 0.15) is 47.2 Å². The maximum absolute atomic E-state index is 14.7. The van der Waals surface area contributed by atoms with Crippen LogP contribution >= 0.6 is 27.5 Å². The molecule has 1 aliphatic heterocycles. The summed E-state index contributed by atoms with van der Waals surface area (Å²) in [6.45, 7) is 0.319. The second-order valence-electron chi connectivity index (χ2n) is 9.45. The van der Waals surface area contributed by atoms with Crippen molar-refractivity contribution in [2.45, 2.75) is 37.3 Å². The van der Waals surface area contributed by atoms with Crippen molar-refractivity contribution in [2.24, 2.45) is 5.92 Å². The van der Waals surface area contributed by atoms with E-state index < -0.39 is 28.7 Å². The summed E-state index contributed by atoms with van der Waals surface area (Å²) >= 11 is 9.25. The molecular formula is C27H23BrClF2N3O3. The molecule has 2 heterocycles. The molecule has 2 N–H and O–H groups in total. The highest BCUT2D eigenvalue weighted by molar-refractivity contribution is 9.10. The number of para-hydroxylation sites is 1. The lowest BCUT2D eigenvalue weighted by Gasteiger charge is -2.32. The van der Waals surface area contributed by atoms with E-state index in [0.29, 0.717) is 40.3 Å². The van der Waals surface area contributed by atoms with Crippen LogP contribution in [-0.4, -0.2) is 34.5 Å². The topological polar surface area (TPSA) is 82.5 Å². The molecule has 2 aliphatic rings. The van der Waals surface area contributed by atoms with Crippen molar-refractivity contribution in [3.05, 3.63) is 92.7 Å². The van der Waals surface area contributed by atoms with Crippen molar-refractivity contribution < 1.29 is 23.5 Å². The number of carbonyl (C=O) groups excluding carboxylic acids is 2. The van der Waals surface area contributed by atoms with E-state index in [0.717, 1.165) is 31.0 Å². The highest BCUT2D eigenvalue weighted by atomic mass is 79.9. The minimum Gasteiger partial charge on any atom is -0.372 e. The van der Waals surface area contributed by atoms with Crippen LogP contribution in [0.5, 0.6) is 0 Å². The van der Waals surface area contributed by atoms with Gasteiger partial charge in [0.25, 0.3) is 11.8 Å². The zero-order chi connectivity index (χ0) is 26.3. The number of benzene rings is 2. The van der Waals surface area contributed by atoms with Crippen LogP contribution in [0, 0.1) is 17.6 Å². The number of hydrogen-bond donors (Lipinski definition) is 2. The van der Waals surface area contributed by atoms with E-state index in [1.54, 1.807) is 30.3 Å². The minimum atomic E-state index is -2.31. The quantitative estimate of drug-likeness (QED) is 0.393. The van der Waals surface area contributed by atoms with Crippen LogP contribution in [0.4, 0.5) is 14.5 Å². The van der Waals surface area contributed by atoms with E-state index in [2.05, 4.69) is 26.2 Å². The molecule has 5 rings (SSSR count). The summed E-state index contributed by atoms with van der Waals surface area (Å²) in [7, 11) is 0. The predicted octanol–water partition coefficient (Wildman–Crippen LogP) is 5.35. The normalized spacial score (nSPS) is 23.2. The van der Waals surface area contributed by atoms with Gasteiger partial charge >= 0.3 is 0 Å². The lowest BCUT2D eigenvalue weighted by Crippen LogP contribution is -2.45. The Morgan fingerprint density at radius 3 is 2.62 bits per heavy atom. The number of amides is 2. The van der Waals surface area contributed by atoms with Gasteiger partial charge in [-0.05, 0) is 77.9 Å². The van der Waals surface area contributed by atoms with E-state index >= 15 is 0 Å². The van der Waals surface area contributed by atoms with Crippen LogP contribution in [0.3, 0.4) is 0 Å². The van der Waals surface area contributed by atoms with Crippen molar-refractivity contribution in [3.63, 3.8) is 0 Å². The fourth-order valence-corrected chi connectivity index (χ4v) is 5.80. The van der Waals surface area contributed by atoms with Gasteiger partial charge in [-0.3, -0.25) is 9.59 Å². The molecule has 192 valence electrons. The Morgan fingerprint density at radius 1 is 1.14 bits per heavy atom. The van der Waals surface area contributed by atoms with Gasteiger partial charge in [0.2, 0.25) is 0 Å². The van der Waals surface area contributed by atoms with Crippen LogP contribution in [0.25, 0.3) is 0 Å². The highest BCUT2D eigenvalue weighted by Crippen LogP contribution is 2.46. The number of fused-ring (bicyclic) bond motifs is 1. The van der Waals surface area contributed by atoms with Crippen LogP contribution < -0.4 is 10.2 Å². The summed E-state index contributed by atoms with van der Waals surface area (Å²) in [5.74, 6) is -2.46. The summed E-state index contributed by atoms with van der Waals surface area (Å²) in [6.07, 6.45) is 4.33. The van der Waals surface area contributed by atoms with Gasteiger partial charge in [-0.25, -0.2) is 13.8 Å². The summed E-state index contributed by atoms with van der Waals surface area (Å²) in [4.78, 5) is 31.8. The maximum Gasteiger partial charge on any atom is 0.268 e. The third kappa shape index (κ3) is 4.76. The summed E-state index contributed by atoms with van der Waals surface area (Å²) in [5, 5.41) is 14.9. The fourth-order valence-electron chi connectivity index (χ4n) is 5.24. The molecular weight excluding hydrogens is 568 g/mol. The van der Waals surface area contributed by atoms with E-state index in [1.807, 2.05) is 0 Å². The number of pyridine rings is 1. The fraction of sp³-hybridized carbons (Fsp3) is 0.296. The number of aliphatic hydroxyl groups is 1. The maximum atomic E-state index is 14.7. The number of anilines is 1. The summed E-state index contributed by atoms with van der Waals surface area (Å²) in [6, 6.07) is 10.9. The zero-order valence-corrected chi connectivity index (χ0v) is 21.9. The molecule has 37 heavy (non-hydrogen) atoms. The molecule has 2 aromatic carbocycles. The van der Waals surface area contributed by atoms with Crippen molar-refractivity contribution in [1.29, 1.82) is 0 Å². The second-order valence-corrected chi connectivity index (χ2v) is 10.6. The number of aromatic nitrogens is 1. The molecule has 0 bridgehead atoms. The molecule has 1 atom stereocenters. The Balaban J connectivity index is 1.29. The number of halogens is 4. The van der Waals surface area contributed by atoms with Crippen LogP contribution in [-0.2, 0) is 10.4 Å². The molecule has 6 nitrogen and oxygen atoms in total. The Morgan fingerprint density at radius 2 is 1.86 bits per heavy atom. The van der Waals surface area contributed by atoms with Gasteiger partial charge in [-0.2, -0.15) is 0 Å². The third-order valence-electron chi connectivity index (χ3n) is 7.13. The highest BCUT2D eigenvalue weighted by Gasteiger charge is 2.52. The Hall–Kier alpha value is -2.88. The molecule has 0 radical (unpaired) electrons. The van der Waals surface area contributed by atoms with Gasteiger partial charge in [0.15, 0.2) is 5.60 Å². The third-order valence-corrected chi connectivity index (χ3v) is 7.97. The number of rotatable bonds is 5. The minimum absolute atomic E-state index is 0.0467. The molecule has 10 heteroatoms. The van der Waals surface area contributed by atoms with Gasteiger partial charge in [0.05, 0.1) is 16.3 Å². The number of nitrogens with zero attached hydrogens (tertiary/aromatic N) is 2. The summed E-state index contributed by atoms with van der Waals surface area (Å²) < 4.78 is 29.1. The molecule has 0 spiro atoms. The van der Waals surface area contributed by atoms with Gasteiger partial charge in [-0.15, -0.1) is 0 Å². The summed E-state index contributed by atoms with van der Waals surface area (Å²) in [5.41, 5.74) is -1.65. The van der Waals surface area contributed by atoms with Crippen molar-refractivity contribution in [3.8, 4) is 0 Å². The second kappa shape index (κ2) is 10.1. The largest absolute Gasteiger partial charge is 0.372 e. The zero-order valence-electron chi connectivity index (χ0n) is 19.6. The number of carbonyl (C=O) groups is 2. The first-order valence-electron chi connectivity index (χ1n) is 11.9. The molecule has 2 amide bonds. The van der Waals surface area contributed by atoms with Gasteiger partial charge in [0, 0.05) is 29.9 Å². The lowest BCUT2D eigenvalue weighted by molar-refractivity contribution is -0.132. The molecule has 1 aliphatic carbocycles. The van der Waals surface area contributed by atoms with Gasteiger partial charge in [-0.1, -0.05) is 29.8 Å². The smallest absolute Gasteiger partial charge is 0.268 e. The Labute approximate surface area is 225 Å². The first kappa shape index (κ1) is 25.8.